The zero-order valence-electron chi connectivity index (χ0n) is 9.70. The van der Waals surface area contributed by atoms with Crippen LogP contribution in [0.15, 0.2) is 30.5 Å². The molecule has 2 N–H and O–H groups in total. The van der Waals surface area contributed by atoms with E-state index in [9.17, 15) is 13.2 Å². The van der Waals surface area contributed by atoms with E-state index in [1.54, 1.807) is 0 Å². The molecular weight excluding hydrogens is 243 g/mol. The summed E-state index contributed by atoms with van der Waals surface area (Å²) in [4.78, 5) is 0. The third-order valence-corrected chi connectivity index (χ3v) is 2.60. The lowest BCUT2D eigenvalue weighted by Gasteiger charge is -2.11. The highest BCUT2D eigenvalue weighted by Crippen LogP contribution is 2.37. The van der Waals surface area contributed by atoms with Crippen LogP contribution >= 0.6 is 0 Å². The van der Waals surface area contributed by atoms with E-state index in [1.165, 1.54) is 29.1 Å². The van der Waals surface area contributed by atoms with Gasteiger partial charge in [0.05, 0.1) is 11.3 Å². The molecule has 0 saturated heterocycles. The molecule has 2 rings (SSSR count). The molecule has 1 heterocycles. The summed E-state index contributed by atoms with van der Waals surface area (Å²) < 4.78 is 40.1. The third-order valence-electron chi connectivity index (χ3n) is 2.60. The standard InChI is InChI=1S/C12H12F3N3/c1-2-18-7-10(16)11(17-18)8-5-3-4-6-9(8)12(13,14)15/h3-7H,2,16H2,1H3. The zero-order valence-corrected chi connectivity index (χ0v) is 9.70. The molecule has 0 atom stereocenters. The fourth-order valence-electron chi connectivity index (χ4n) is 1.74. The van der Waals surface area contributed by atoms with E-state index >= 15 is 0 Å². The topological polar surface area (TPSA) is 43.8 Å². The van der Waals surface area contributed by atoms with Gasteiger partial charge in [0.2, 0.25) is 0 Å². The van der Waals surface area contributed by atoms with E-state index in [4.69, 9.17) is 5.73 Å². The molecule has 96 valence electrons. The smallest absolute Gasteiger partial charge is 0.396 e. The minimum absolute atomic E-state index is 0.00898. The number of benzene rings is 1. The molecular formula is C12H12F3N3. The Kier molecular flexibility index (Phi) is 3.02. The molecule has 0 aliphatic carbocycles. The Bertz CT molecular complexity index is 558. The summed E-state index contributed by atoms with van der Waals surface area (Å²) in [6.07, 6.45) is -2.89. The van der Waals surface area contributed by atoms with Gasteiger partial charge >= 0.3 is 6.18 Å². The first kappa shape index (κ1) is 12.5. The number of alkyl halides is 3. The van der Waals surface area contributed by atoms with Crippen LogP contribution < -0.4 is 5.73 Å². The van der Waals surface area contributed by atoms with Gasteiger partial charge in [-0.1, -0.05) is 18.2 Å². The van der Waals surface area contributed by atoms with E-state index in [0.717, 1.165) is 6.07 Å². The van der Waals surface area contributed by atoms with Crippen LogP contribution in [0.1, 0.15) is 12.5 Å². The highest BCUT2D eigenvalue weighted by atomic mass is 19.4. The van der Waals surface area contributed by atoms with Gasteiger partial charge < -0.3 is 5.73 Å². The summed E-state index contributed by atoms with van der Waals surface area (Å²) in [5.41, 5.74) is 5.41. The molecule has 3 nitrogen and oxygen atoms in total. The predicted molar refractivity (Wildman–Crippen MR) is 62.8 cm³/mol. The highest BCUT2D eigenvalue weighted by molar-refractivity contribution is 5.75. The van der Waals surface area contributed by atoms with Crippen LogP contribution in [-0.4, -0.2) is 9.78 Å². The molecule has 0 spiro atoms. The Labute approximate surface area is 102 Å². The molecule has 0 aliphatic rings. The lowest BCUT2D eigenvalue weighted by atomic mass is 10.0. The quantitative estimate of drug-likeness (QED) is 0.895. The second kappa shape index (κ2) is 4.36. The molecule has 1 aromatic heterocycles. The molecule has 6 heteroatoms. The number of aromatic nitrogens is 2. The summed E-state index contributed by atoms with van der Waals surface area (Å²) >= 11 is 0. The number of nitrogens with zero attached hydrogens (tertiary/aromatic N) is 2. The van der Waals surface area contributed by atoms with E-state index in [0.29, 0.717) is 6.54 Å². The number of nitrogen functional groups attached to an aromatic ring is 1. The lowest BCUT2D eigenvalue weighted by molar-refractivity contribution is -0.137. The van der Waals surface area contributed by atoms with Crippen LogP contribution in [0.4, 0.5) is 18.9 Å². The normalized spacial score (nSPS) is 11.8. The molecule has 0 saturated carbocycles. The summed E-state index contributed by atoms with van der Waals surface area (Å²) in [7, 11) is 0. The Hall–Kier alpha value is -1.98. The van der Waals surface area contributed by atoms with Crippen LogP contribution in [-0.2, 0) is 12.7 Å². The molecule has 0 radical (unpaired) electrons. The SMILES string of the molecule is CCn1cc(N)c(-c2ccccc2C(F)(F)F)n1. The van der Waals surface area contributed by atoms with Crippen molar-refractivity contribution in [3.05, 3.63) is 36.0 Å². The second-order valence-electron chi connectivity index (χ2n) is 3.83. The van der Waals surface area contributed by atoms with E-state index in [1.807, 2.05) is 6.92 Å². The van der Waals surface area contributed by atoms with Crippen molar-refractivity contribution in [1.82, 2.24) is 9.78 Å². The number of halogens is 3. The maximum absolute atomic E-state index is 12.9. The monoisotopic (exact) mass is 255 g/mol. The van der Waals surface area contributed by atoms with Gasteiger partial charge in [-0.2, -0.15) is 18.3 Å². The Morgan fingerprint density at radius 1 is 1.28 bits per heavy atom. The van der Waals surface area contributed by atoms with Crippen molar-refractivity contribution in [3.8, 4) is 11.3 Å². The maximum Gasteiger partial charge on any atom is 0.417 e. The number of hydrogen-bond acceptors (Lipinski definition) is 2. The second-order valence-corrected chi connectivity index (χ2v) is 3.83. The molecule has 1 aromatic carbocycles. The first-order valence-electron chi connectivity index (χ1n) is 5.43. The predicted octanol–water partition coefficient (Wildman–Crippen LogP) is 3.17. The van der Waals surface area contributed by atoms with Crippen LogP contribution in [0.2, 0.25) is 0 Å². The molecule has 0 amide bonds. The van der Waals surface area contributed by atoms with E-state index < -0.39 is 11.7 Å². The van der Waals surface area contributed by atoms with Gasteiger partial charge in [-0.25, -0.2) is 0 Å². The minimum Gasteiger partial charge on any atom is -0.396 e. The van der Waals surface area contributed by atoms with Crippen molar-refractivity contribution in [2.45, 2.75) is 19.6 Å². The zero-order chi connectivity index (χ0) is 13.3. The van der Waals surface area contributed by atoms with Gasteiger partial charge in [-0.3, -0.25) is 4.68 Å². The summed E-state index contributed by atoms with van der Waals surface area (Å²) in [5, 5.41) is 4.06. The van der Waals surface area contributed by atoms with Gasteiger partial charge in [-0.15, -0.1) is 0 Å². The number of rotatable bonds is 2. The van der Waals surface area contributed by atoms with Gasteiger partial charge in [0.25, 0.3) is 0 Å². The summed E-state index contributed by atoms with van der Waals surface area (Å²) in [6.45, 7) is 2.39. The average molecular weight is 255 g/mol. The van der Waals surface area contributed by atoms with Crippen molar-refractivity contribution in [2.75, 3.05) is 5.73 Å². The lowest BCUT2D eigenvalue weighted by Crippen LogP contribution is -2.07. The van der Waals surface area contributed by atoms with Crippen molar-refractivity contribution in [2.24, 2.45) is 0 Å². The first-order valence-corrected chi connectivity index (χ1v) is 5.43. The van der Waals surface area contributed by atoms with Crippen molar-refractivity contribution < 1.29 is 13.2 Å². The van der Waals surface area contributed by atoms with Crippen LogP contribution in [0.3, 0.4) is 0 Å². The number of hydrogen-bond donors (Lipinski definition) is 1. The Morgan fingerprint density at radius 3 is 2.50 bits per heavy atom. The van der Waals surface area contributed by atoms with Crippen molar-refractivity contribution in [1.29, 1.82) is 0 Å². The molecule has 0 unspecified atom stereocenters. The van der Waals surface area contributed by atoms with Gasteiger partial charge in [0, 0.05) is 18.3 Å². The Morgan fingerprint density at radius 2 is 1.94 bits per heavy atom. The van der Waals surface area contributed by atoms with Gasteiger partial charge in [-0.05, 0) is 13.0 Å². The van der Waals surface area contributed by atoms with Crippen LogP contribution in [0.25, 0.3) is 11.3 Å². The number of anilines is 1. The van der Waals surface area contributed by atoms with E-state index in [2.05, 4.69) is 5.10 Å². The van der Waals surface area contributed by atoms with Crippen molar-refractivity contribution in [3.63, 3.8) is 0 Å². The number of nitrogens with two attached hydrogens (primary N) is 1. The number of aryl methyl sites for hydroxylation is 1. The van der Waals surface area contributed by atoms with Gasteiger partial charge in [0.1, 0.15) is 5.69 Å². The van der Waals surface area contributed by atoms with E-state index in [-0.39, 0.29) is 16.9 Å². The average Bonchev–Trinajstić information content (AvgIpc) is 2.69. The van der Waals surface area contributed by atoms with Crippen LogP contribution in [0.5, 0.6) is 0 Å². The molecule has 0 fully saturated rings. The molecule has 0 bridgehead atoms. The van der Waals surface area contributed by atoms with Crippen molar-refractivity contribution >= 4 is 5.69 Å². The summed E-state index contributed by atoms with van der Waals surface area (Å²) in [5.74, 6) is 0. The highest BCUT2D eigenvalue weighted by Gasteiger charge is 2.34. The third kappa shape index (κ3) is 2.18. The molecule has 2 aromatic rings. The maximum atomic E-state index is 12.9. The fourth-order valence-corrected chi connectivity index (χ4v) is 1.74. The molecule has 18 heavy (non-hydrogen) atoms. The largest absolute Gasteiger partial charge is 0.417 e. The first-order chi connectivity index (χ1) is 8.43. The molecule has 0 aliphatic heterocycles. The summed E-state index contributed by atoms with van der Waals surface area (Å²) in [6, 6.07) is 5.29. The Balaban J connectivity index is 2.60. The van der Waals surface area contributed by atoms with Gasteiger partial charge in [0.15, 0.2) is 0 Å². The fraction of sp³-hybridized carbons (Fsp3) is 0.250. The minimum atomic E-state index is -4.42. The van der Waals surface area contributed by atoms with Crippen LogP contribution in [0, 0.1) is 0 Å².